The number of anilines is 1. The van der Waals surface area contributed by atoms with E-state index >= 15 is 0 Å². The molecule has 0 radical (unpaired) electrons. The van der Waals surface area contributed by atoms with Crippen LogP contribution in [0.5, 0.6) is 0 Å². The number of hydrogen-bond donors (Lipinski definition) is 1. The van der Waals surface area contributed by atoms with Gasteiger partial charge in [-0.1, -0.05) is 23.8 Å². The van der Waals surface area contributed by atoms with Crippen molar-refractivity contribution in [1.82, 2.24) is 9.78 Å². The van der Waals surface area contributed by atoms with E-state index in [2.05, 4.69) is 42.5 Å². The molecule has 1 N–H and O–H groups in total. The molecule has 1 aromatic carbocycles. The molecule has 0 saturated heterocycles. The molecule has 1 aliphatic carbocycles. The van der Waals surface area contributed by atoms with Crippen molar-refractivity contribution >= 4 is 5.69 Å². The summed E-state index contributed by atoms with van der Waals surface area (Å²) in [6.07, 6.45) is 4.11. The summed E-state index contributed by atoms with van der Waals surface area (Å²) < 4.78 is 1.51. The average molecular weight is 269 g/mol. The van der Waals surface area contributed by atoms with Gasteiger partial charge >= 0.3 is 0 Å². The molecular formula is C16H19N3O. The van der Waals surface area contributed by atoms with Crippen molar-refractivity contribution in [1.29, 1.82) is 0 Å². The van der Waals surface area contributed by atoms with Crippen LogP contribution in [0.25, 0.3) is 0 Å². The number of nitrogens with zero attached hydrogens (tertiary/aromatic N) is 2. The number of hydrogen-bond acceptors (Lipinski definition) is 3. The van der Waals surface area contributed by atoms with E-state index in [9.17, 15) is 4.79 Å². The molecule has 0 aliphatic heterocycles. The molecule has 0 atom stereocenters. The van der Waals surface area contributed by atoms with Crippen LogP contribution in [0.4, 0.5) is 5.69 Å². The molecule has 2 aromatic rings. The van der Waals surface area contributed by atoms with Crippen LogP contribution in [-0.2, 0) is 6.54 Å². The minimum atomic E-state index is -0.0587. The quantitative estimate of drug-likeness (QED) is 0.927. The van der Waals surface area contributed by atoms with Crippen molar-refractivity contribution < 1.29 is 0 Å². The van der Waals surface area contributed by atoms with E-state index in [-0.39, 0.29) is 5.56 Å². The third-order valence-electron chi connectivity index (χ3n) is 3.64. The molecule has 1 fully saturated rings. The van der Waals surface area contributed by atoms with Gasteiger partial charge in [0.05, 0.1) is 18.4 Å². The van der Waals surface area contributed by atoms with Crippen LogP contribution in [0.15, 0.2) is 35.3 Å². The third kappa shape index (κ3) is 2.90. The maximum absolute atomic E-state index is 12.1. The smallest absolute Gasteiger partial charge is 0.269 e. The largest absolute Gasteiger partial charge is 0.381 e. The Morgan fingerprint density at radius 1 is 1.30 bits per heavy atom. The molecule has 0 bridgehead atoms. The van der Waals surface area contributed by atoms with Crippen LogP contribution in [0.3, 0.4) is 0 Å². The first-order valence-corrected chi connectivity index (χ1v) is 7.01. The topological polar surface area (TPSA) is 46.9 Å². The maximum Gasteiger partial charge on any atom is 0.269 e. The summed E-state index contributed by atoms with van der Waals surface area (Å²) in [5.74, 6) is 0. The van der Waals surface area contributed by atoms with Gasteiger partial charge in [-0.2, -0.15) is 5.10 Å². The Bertz CT molecular complexity index is 686. The van der Waals surface area contributed by atoms with Gasteiger partial charge in [-0.25, -0.2) is 4.68 Å². The van der Waals surface area contributed by atoms with Gasteiger partial charge in [-0.05, 0) is 37.8 Å². The number of nitrogens with one attached hydrogen (secondary N) is 1. The SMILES string of the molecule is Cc1ccc(C)c(Cn2ncc(NC3CC3)cc2=O)c1. The first-order valence-electron chi connectivity index (χ1n) is 7.01. The van der Waals surface area contributed by atoms with E-state index < -0.39 is 0 Å². The first kappa shape index (κ1) is 12.9. The maximum atomic E-state index is 12.1. The minimum Gasteiger partial charge on any atom is -0.381 e. The van der Waals surface area contributed by atoms with E-state index in [1.54, 1.807) is 12.3 Å². The lowest BCUT2D eigenvalue weighted by molar-refractivity contribution is 0.637. The van der Waals surface area contributed by atoms with Crippen LogP contribution in [0.1, 0.15) is 29.5 Å². The Hall–Kier alpha value is -2.10. The highest BCUT2D eigenvalue weighted by Gasteiger charge is 2.21. The third-order valence-corrected chi connectivity index (χ3v) is 3.64. The predicted molar refractivity (Wildman–Crippen MR) is 80.2 cm³/mol. The van der Waals surface area contributed by atoms with Gasteiger partial charge in [0.15, 0.2) is 0 Å². The lowest BCUT2D eigenvalue weighted by Gasteiger charge is -2.10. The van der Waals surface area contributed by atoms with Gasteiger partial charge in [0.1, 0.15) is 0 Å². The van der Waals surface area contributed by atoms with Crippen molar-refractivity contribution in [2.45, 2.75) is 39.3 Å². The highest BCUT2D eigenvalue weighted by atomic mass is 16.1. The molecular weight excluding hydrogens is 250 g/mol. The molecule has 3 rings (SSSR count). The molecule has 20 heavy (non-hydrogen) atoms. The average Bonchev–Trinajstić information content (AvgIpc) is 3.21. The van der Waals surface area contributed by atoms with E-state index in [4.69, 9.17) is 0 Å². The van der Waals surface area contributed by atoms with Crippen LogP contribution < -0.4 is 10.9 Å². The first-order chi connectivity index (χ1) is 9.61. The fraction of sp³-hybridized carbons (Fsp3) is 0.375. The normalized spacial score (nSPS) is 14.3. The fourth-order valence-electron chi connectivity index (χ4n) is 2.23. The zero-order valence-electron chi connectivity index (χ0n) is 11.9. The van der Waals surface area contributed by atoms with E-state index in [1.807, 2.05) is 0 Å². The Morgan fingerprint density at radius 3 is 2.80 bits per heavy atom. The molecule has 0 spiro atoms. The Morgan fingerprint density at radius 2 is 2.10 bits per heavy atom. The Balaban J connectivity index is 1.83. The number of aryl methyl sites for hydroxylation is 2. The van der Waals surface area contributed by atoms with Crippen molar-refractivity contribution in [3.8, 4) is 0 Å². The summed E-state index contributed by atoms with van der Waals surface area (Å²) in [6.45, 7) is 4.64. The monoisotopic (exact) mass is 269 g/mol. The van der Waals surface area contributed by atoms with Crippen molar-refractivity contribution in [2.75, 3.05) is 5.32 Å². The van der Waals surface area contributed by atoms with E-state index in [0.717, 1.165) is 11.3 Å². The van der Waals surface area contributed by atoms with Crippen molar-refractivity contribution in [3.63, 3.8) is 0 Å². The molecule has 1 saturated carbocycles. The lowest BCUT2D eigenvalue weighted by atomic mass is 10.1. The second kappa shape index (κ2) is 5.12. The fourth-order valence-corrected chi connectivity index (χ4v) is 2.23. The summed E-state index contributed by atoms with van der Waals surface area (Å²) in [7, 11) is 0. The van der Waals surface area contributed by atoms with Crippen LogP contribution in [-0.4, -0.2) is 15.8 Å². The van der Waals surface area contributed by atoms with Gasteiger partial charge in [0.2, 0.25) is 0 Å². The van der Waals surface area contributed by atoms with Crippen molar-refractivity contribution in [3.05, 3.63) is 57.5 Å². The molecule has 104 valence electrons. The summed E-state index contributed by atoms with van der Waals surface area (Å²) in [4.78, 5) is 12.1. The minimum absolute atomic E-state index is 0.0587. The number of aromatic nitrogens is 2. The zero-order valence-corrected chi connectivity index (χ0v) is 11.9. The molecule has 4 nitrogen and oxygen atoms in total. The summed E-state index contributed by atoms with van der Waals surface area (Å²) in [5.41, 5.74) is 4.30. The van der Waals surface area contributed by atoms with Gasteiger partial charge in [0.25, 0.3) is 5.56 Å². The molecule has 1 aliphatic rings. The molecule has 1 heterocycles. The van der Waals surface area contributed by atoms with Crippen LogP contribution in [0.2, 0.25) is 0 Å². The van der Waals surface area contributed by atoms with Crippen LogP contribution in [0, 0.1) is 13.8 Å². The standard InChI is InChI=1S/C16H19N3O/c1-11-3-4-12(2)13(7-11)10-19-16(20)8-15(9-17-19)18-14-5-6-14/h3-4,7-9,14,18H,5-6,10H2,1-2H3. The second-order valence-corrected chi connectivity index (χ2v) is 5.59. The van der Waals surface area contributed by atoms with Gasteiger partial charge in [-0.15, -0.1) is 0 Å². The zero-order chi connectivity index (χ0) is 14.1. The van der Waals surface area contributed by atoms with Gasteiger partial charge in [-0.3, -0.25) is 4.79 Å². The molecule has 4 heteroatoms. The predicted octanol–water partition coefficient (Wildman–Crippen LogP) is 2.48. The van der Waals surface area contributed by atoms with Crippen molar-refractivity contribution in [2.24, 2.45) is 0 Å². The highest BCUT2D eigenvalue weighted by Crippen LogP contribution is 2.23. The summed E-state index contributed by atoms with van der Waals surface area (Å²) in [6, 6.07) is 8.44. The van der Waals surface area contributed by atoms with E-state index in [1.165, 1.54) is 28.7 Å². The van der Waals surface area contributed by atoms with Gasteiger partial charge in [0, 0.05) is 12.1 Å². The number of rotatable bonds is 4. The summed E-state index contributed by atoms with van der Waals surface area (Å²) >= 11 is 0. The van der Waals surface area contributed by atoms with Crippen LogP contribution >= 0.6 is 0 Å². The molecule has 0 amide bonds. The Kier molecular flexibility index (Phi) is 3.30. The highest BCUT2D eigenvalue weighted by molar-refractivity contribution is 5.41. The van der Waals surface area contributed by atoms with Gasteiger partial charge < -0.3 is 5.32 Å². The summed E-state index contributed by atoms with van der Waals surface area (Å²) in [5, 5.41) is 7.56. The second-order valence-electron chi connectivity index (χ2n) is 5.59. The lowest BCUT2D eigenvalue weighted by Crippen LogP contribution is -2.23. The van der Waals surface area contributed by atoms with E-state index in [0.29, 0.717) is 12.6 Å². The Labute approximate surface area is 118 Å². The molecule has 1 aromatic heterocycles. The molecule has 0 unspecified atom stereocenters. The number of benzene rings is 1.